The summed E-state index contributed by atoms with van der Waals surface area (Å²) in [6.07, 6.45) is 2.55. The van der Waals surface area contributed by atoms with Gasteiger partial charge in [-0.15, -0.1) is 0 Å². The molecule has 1 atom stereocenters. The zero-order valence-corrected chi connectivity index (χ0v) is 11.5. The number of hydrogen-bond donors (Lipinski definition) is 1. The van der Waals surface area contributed by atoms with E-state index in [0.29, 0.717) is 22.6 Å². The number of nitrogens with zero attached hydrogens (tertiary/aromatic N) is 1. The second-order valence-electron chi connectivity index (χ2n) is 4.52. The smallest absolute Gasteiger partial charge is 0.0474 e. The molecular weight excluding hydrogens is 255 g/mol. The Morgan fingerprint density at radius 3 is 2.29 bits per heavy atom. The summed E-state index contributed by atoms with van der Waals surface area (Å²) >= 11 is 12.1. The standard InChI is InChI=1S/C13H18Cl2N2/c1-2-17(12-3-4-12)13(8-16)9-5-10(14)7-11(15)6-9/h5-7,12-13H,2-4,8,16H2,1H3. The van der Waals surface area contributed by atoms with Crippen molar-refractivity contribution in [1.82, 2.24) is 4.90 Å². The Kier molecular flexibility index (Phi) is 4.31. The summed E-state index contributed by atoms with van der Waals surface area (Å²) < 4.78 is 0. The molecule has 1 unspecified atom stereocenters. The summed E-state index contributed by atoms with van der Waals surface area (Å²) in [6, 6.07) is 6.61. The van der Waals surface area contributed by atoms with Gasteiger partial charge in [-0.3, -0.25) is 4.90 Å². The molecule has 1 aliphatic carbocycles. The SMILES string of the molecule is CCN(C1CC1)C(CN)c1cc(Cl)cc(Cl)c1. The van der Waals surface area contributed by atoms with Crippen molar-refractivity contribution >= 4 is 23.2 Å². The predicted molar refractivity (Wildman–Crippen MR) is 73.7 cm³/mol. The maximum atomic E-state index is 6.05. The van der Waals surface area contributed by atoms with Crippen molar-refractivity contribution in [3.8, 4) is 0 Å². The third-order valence-electron chi connectivity index (χ3n) is 3.27. The number of hydrogen-bond acceptors (Lipinski definition) is 2. The van der Waals surface area contributed by atoms with Crippen LogP contribution in [0.1, 0.15) is 31.4 Å². The van der Waals surface area contributed by atoms with E-state index in [-0.39, 0.29) is 6.04 Å². The molecule has 2 nitrogen and oxygen atoms in total. The maximum Gasteiger partial charge on any atom is 0.0474 e. The maximum absolute atomic E-state index is 6.05. The molecule has 1 fully saturated rings. The summed E-state index contributed by atoms with van der Waals surface area (Å²) in [5.41, 5.74) is 7.04. The topological polar surface area (TPSA) is 29.3 Å². The second kappa shape index (κ2) is 5.57. The van der Waals surface area contributed by atoms with E-state index in [1.165, 1.54) is 12.8 Å². The minimum Gasteiger partial charge on any atom is -0.329 e. The molecule has 1 aliphatic rings. The van der Waals surface area contributed by atoms with Gasteiger partial charge < -0.3 is 5.73 Å². The van der Waals surface area contributed by atoms with Crippen LogP contribution in [0.5, 0.6) is 0 Å². The van der Waals surface area contributed by atoms with Crippen LogP contribution in [0.2, 0.25) is 10.0 Å². The van der Waals surface area contributed by atoms with Crippen molar-refractivity contribution in [2.45, 2.75) is 31.8 Å². The molecule has 0 bridgehead atoms. The summed E-state index contributed by atoms with van der Waals surface area (Å²) in [6.45, 7) is 3.78. The molecule has 2 rings (SSSR count). The fourth-order valence-electron chi connectivity index (χ4n) is 2.37. The molecule has 17 heavy (non-hydrogen) atoms. The van der Waals surface area contributed by atoms with Gasteiger partial charge in [-0.2, -0.15) is 0 Å². The highest BCUT2D eigenvalue weighted by Gasteiger charge is 2.33. The highest BCUT2D eigenvalue weighted by atomic mass is 35.5. The quantitative estimate of drug-likeness (QED) is 0.890. The Bertz CT molecular complexity index is 371. The van der Waals surface area contributed by atoms with Gasteiger partial charge in [0, 0.05) is 28.7 Å². The number of halogens is 2. The summed E-state index contributed by atoms with van der Waals surface area (Å²) in [4.78, 5) is 2.45. The van der Waals surface area contributed by atoms with Gasteiger partial charge in [0.25, 0.3) is 0 Å². The summed E-state index contributed by atoms with van der Waals surface area (Å²) in [7, 11) is 0. The van der Waals surface area contributed by atoms with Crippen LogP contribution in [-0.4, -0.2) is 24.0 Å². The van der Waals surface area contributed by atoms with E-state index >= 15 is 0 Å². The van der Waals surface area contributed by atoms with Crippen molar-refractivity contribution in [2.24, 2.45) is 5.73 Å². The minimum atomic E-state index is 0.226. The van der Waals surface area contributed by atoms with Crippen molar-refractivity contribution < 1.29 is 0 Å². The highest BCUT2D eigenvalue weighted by molar-refractivity contribution is 6.34. The molecule has 2 N–H and O–H groups in total. The van der Waals surface area contributed by atoms with E-state index in [2.05, 4.69) is 11.8 Å². The van der Waals surface area contributed by atoms with Gasteiger partial charge in [0.2, 0.25) is 0 Å². The van der Waals surface area contributed by atoms with Crippen molar-refractivity contribution in [3.63, 3.8) is 0 Å². The lowest BCUT2D eigenvalue weighted by atomic mass is 10.1. The monoisotopic (exact) mass is 272 g/mol. The van der Waals surface area contributed by atoms with E-state index < -0.39 is 0 Å². The Morgan fingerprint density at radius 1 is 1.29 bits per heavy atom. The number of benzene rings is 1. The molecular formula is C13H18Cl2N2. The molecule has 0 aliphatic heterocycles. The third-order valence-corrected chi connectivity index (χ3v) is 3.71. The third kappa shape index (κ3) is 3.14. The molecule has 1 saturated carbocycles. The fourth-order valence-corrected chi connectivity index (χ4v) is 2.91. The molecule has 0 radical (unpaired) electrons. The first-order valence-corrected chi connectivity index (χ1v) is 6.83. The first-order chi connectivity index (χ1) is 8.15. The average Bonchev–Trinajstić information content (AvgIpc) is 3.08. The molecule has 0 saturated heterocycles. The lowest BCUT2D eigenvalue weighted by Crippen LogP contribution is -2.35. The van der Waals surface area contributed by atoms with Gasteiger partial charge in [-0.25, -0.2) is 0 Å². The number of nitrogens with two attached hydrogens (primary N) is 1. The van der Waals surface area contributed by atoms with Crippen LogP contribution in [0.25, 0.3) is 0 Å². The average molecular weight is 273 g/mol. The van der Waals surface area contributed by atoms with Gasteiger partial charge in [-0.05, 0) is 43.1 Å². The van der Waals surface area contributed by atoms with Crippen LogP contribution in [0, 0.1) is 0 Å². The van der Waals surface area contributed by atoms with Crippen LogP contribution in [0.4, 0.5) is 0 Å². The minimum absolute atomic E-state index is 0.226. The Morgan fingerprint density at radius 2 is 1.88 bits per heavy atom. The van der Waals surface area contributed by atoms with E-state index in [4.69, 9.17) is 28.9 Å². The summed E-state index contributed by atoms with van der Waals surface area (Å²) in [5, 5.41) is 1.36. The van der Waals surface area contributed by atoms with Crippen LogP contribution >= 0.6 is 23.2 Å². The molecule has 0 spiro atoms. The normalized spacial score (nSPS) is 17.5. The first kappa shape index (κ1) is 13.2. The van der Waals surface area contributed by atoms with Crippen LogP contribution in [0.3, 0.4) is 0 Å². The molecule has 4 heteroatoms. The van der Waals surface area contributed by atoms with E-state index in [9.17, 15) is 0 Å². The molecule has 94 valence electrons. The van der Waals surface area contributed by atoms with Crippen molar-refractivity contribution in [2.75, 3.05) is 13.1 Å². The van der Waals surface area contributed by atoms with Crippen molar-refractivity contribution in [3.05, 3.63) is 33.8 Å². The molecule has 0 heterocycles. The van der Waals surface area contributed by atoms with Crippen LogP contribution in [-0.2, 0) is 0 Å². The molecule has 1 aromatic carbocycles. The van der Waals surface area contributed by atoms with Gasteiger partial charge in [0.1, 0.15) is 0 Å². The zero-order chi connectivity index (χ0) is 12.4. The van der Waals surface area contributed by atoms with Crippen molar-refractivity contribution in [1.29, 1.82) is 0 Å². The Balaban J connectivity index is 2.26. The Labute approximate surface area is 113 Å². The molecule has 1 aromatic rings. The predicted octanol–water partition coefficient (Wildman–Crippen LogP) is 3.48. The lowest BCUT2D eigenvalue weighted by molar-refractivity contribution is 0.202. The first-order valence-electron chi connectivity index (χ1n) is 6.07. The second-order valence-corrected chi connectivity index (χ2v) is 5.39. The summed E-state index contributed by atoms with van der Waals surface area (Å²) in [5.74, 6) is 0. The Hall–Kier alpha value is -0.280. The number of rotatable bonds is 5. The lowest BCUT2D eigenvalue weighted by Gasteiger charge is -2.30. The fraction of sp³-hybridized carbons (Fsp3) is 0.538. The van der Waals surface area contributed by atoms with E-state index in [1.54, 1.807) is 6.07 Å². The number of likely N-dealkylation sites (N-methyl/N-ethyl adjacent to an activating group) is 1. The largest absolute Gasteiger partial charge is 0.329 e. The highest BCUT2D eigenvalue weighted by Crippen LogP contribution is 2.35. The van der Waals surface area contributed by atoms with Gasteiger partial charge in [0.05, 0.1) is 0 Å². The molecule has 0 amide bonds. The molecule has 0 aromatic heterocycles. The van der Waals surface area contributed by atoms with Gasteiger partial charge in [-0.1, -0.05) is 30.1 Å². The van der Waals surface area contributed by atoms with Gasteiger partial charge >= 0.3 is 0 Å². The zero-order valence-electron chi connectivity index (χ0n) is 10.00. The van der Waals surface area contributed by atoms with Crippen LogP contribution < -0.4 is 5.73 Å². The van der Waals surface area contributed by atoms with Crippen LogP contribution in [0.15, 0.2) is 18.2 Å². The van der Waals surface area contributed by atoms with E-state index in [0.717, 1.165) is 12.1 Å². The van der Waals surface area contributed by atoms with Gasteiger partial charge in [0.15, 0.2) is 0 Å². The van der Waals surface area contributed by atoms with E-state index in [1.807, 2.05) is 12.1 Å².